The van der Waals surface area contributed by atoms with Crippen molar-refractivity contribution in [2.75, 3.05) is 32.8 Å². The summed E-state index contributed by atoms with van der Waals surface area (Å²) >= 11 is 0. The Kier molecular flexibility index (Phi) is 6.03. The molecular formula is C23H26N4O2. The number of ether oxygens (including phenoxy) is 1. The van der Waals surface area contributed by atoms with E-state index in [0.717, 1.165) is 37.6 Å². The van der Waals surface area contributed by atoms with E-state index < -0.39 is 0 Å². The third-order valence-electron chi connectivity index (χ3n) is 5.35. The maximum Gasteiger partial charge on any atom is 0.255 e. The highest BCUT2D eigenvalue weighted by Gasteiger charge is 2.24. The quantitative estimate of drug-likeness (QED) is 0.678. The van der Waals surface area contributed by atoms with Gasteiger partial charge in [-0.1, -0.05) is 60.2 Å². The van der Waals surface area contributed by atoms with Crippen molar-refractivity contribution in [1.82, 2.24) is 20.4 Å². The first-order chi connectivity index (χ1) is 14.2. The van der Waals surface area contributed by atoms with Gasteiger partial charge < -0.3 is 10.1 Å². The Morgan fingerprint density at radius 3 is 2.59 bits per heavy atom. The van der Waals surface area contributed by atoms with E-state index in [-0.39, 0.29) is 11.9 Å². The summed E-state index contributed by atoms with van der Waals surface area (Å²) in [6.07, 6.45) is 1.59. The Bertz CT molecular complexity index is 931. The molecule has 1 amide bonds. The van der Waals surface area contributed by atoms with Crippen LogP contribution in [0.5, 0.6) is 0 Å². The molecule has 0 radical (unpaired) electrons. The van der Waals surface area contributed by atoms with Gasteiger partial charge in [0, 0.05) is 25.2 Å². The van der Waals surface area contributed by atoms with E-state index in [0.29, 0.717) is 12.1 Å². The van der Waals surface area contributed by atoms with Crippen LogP contribution in [0, 0.1) is 6.92 Å². The van der Waals surface area contributed by atoms with Crippen LogP contribution in [0.3, 0.4) is 0 Å². The van der Waals surface area contributed by atoms with Gasteiger partial charge in [0.1, 0.15) is 0 Å². The van der Waals surface area contributed by atoms with Crippen molar-refractivity contribution >= 4 is 5.91 Å². The molecule has 6 heteroatoms. The minimum atomic E-state index is -0.122. The van der Waals surface area contributed by atoms with Crippen LogP contribution >= 0.6 is 0 Å². The van der Waals surface area contributed by atoms with E-state index in [4.69, 9.17) is 4.74 Å². The van der Waals surface area contributed by atoms with Gasteiger partial charge in [0.2, 0.25) is 0 Å². The van der Waals surface area contributed by atoms with Gasteiger partial charge in [-0.2, -0.15) is 5.10 Å². The summed E-state index contributed by atoms with van der Waals surface area (Å²) in [5.41, 5.74) is 4.67. The minimum Gasteiger partial charge on any atom is -0.379 e. The number of aromatic amines is 1. The molecule has 1 aliphatic rings. The second-order valence-electron chi connectivity index (χ2n) is 7.31. The minimum absolute atomic E-state index is 0.107. The first-order valence-electron chi connectivity index (χ1n) is 9.98. The lowest BCUT2D eigenvalue weighted by Gasteiger charge is -2.35. The molecule has 1 aliphatic heterocycles. The van der Waals surface area contributed by atoms with E-state index in [1.165, 1.54) is 11.1 Å². The molecule has 6 nitrogen and oxygen atoms in total. The predicted octanol–water partition coefficient (Wildman–Crippen LogP) is 3.19. The highest BCUT2D eigenvalue weighted by atomic mass is 16.5. The van der Waals surface area contributed by atoms with Crippen molar-refractivity contribution in [2.45, 2.75) is 13.0 Å². The maximum atomic E-state index is 13.0. The van der Waals surface area contributed by atoms with Crippen molar-refractivity contribution in [3.8, 4) is 11.3 Å². The molecule has 2 heterocycles. The zero-order chi connectivity index (χ0) is 20.1. The number of H-pyrrole nitrogens is 1. The lowest BCUT2D eigenvalue weighted by atomic mass is 10.0. The molecule has 0 spiro atoms. The van der Waals surface area contributed by atoms with Gasteiger partial charge in [0.25, 0.3) is 5.91 Å². The van der Waals surface area contributed by atoms with Crippen molar-refractivity contribution in [3.63, 3.8) is 0 Å². The first kappa shape index (κ1) is 19.4. The highest BCUT2D eigenvalue weighted by Crippen LogP contribution is 2.23. The summed E-state index contributed by atoms with van der Waals surface area (Å²) in [6.45, 7) is 5.76. The topological polar surface area (TPSA) is 70.2 Å². The van der Waals surface area contributed by atoms with Crippen molar-refractivity contribution < 1.29 is 9.53 Å². The van der Waals surface area contributed by atoms with Gasteiger partial charge in [-0.25, -0.2) is 0 Å². The zero-order valence-electron chi connectivity index (χ0n) is 16.6. The van der Waals surface area contributed by atoms with Crippen molar-refractivity contribution in [1.29, 1.82) is 0 Å². The lowest BCUT2D eigenvalue weighted by Crippen LogP contribution is -2.43. The Morgan fingerprint density at radius 2 is 1.86 bits per heavy atom. The molecule has 0 bridgehead atoms. The number of aryl methyl sites for hydroxylation is 1. The number of carbonyl (C=O) groups is 1. The summed E-state index contributed by atoms with van der Waals surface area (Å²) in [5, 5.41) is 10.2. The fourth-order valence-electron chi connectivity index (χ4n) is 3.70. The number of nitrogens with zero attached hydrogens (tertiary/aromatic N) is 2. The number of amides is 1. The van der Waals surface area contributed by atoms with Gasteiger partial charge in [-0.15, -0.1) is 0 Å². The normalized spacial score (nSPS) is 15.8. The van der Waals surface area contributed by atoms with E-state index in [1.54, 1.807) is 6.20 Å². The molecule has 1 saturated heterocycles. The molecule has 1 atom stereocenters. The average molecular weight is 390 g/mol. The molecule has 4 rings (SSSR count). The second-order valence-corrected chi connectivity index (χ2v) is 7.31. The number of morpholine rings is 1. The Morgan fingerprint density at radius 1 is 1.14 bits per heavy atom. The Labute approximate surface area is 170 Å². The van der Waals surface area contributed by atoms with Crippen LogP contribution in [0.25, 0.3) is 11.3 Å². The van der Waals surface area contributed by atoms with Gasteiger partial charge in [-0.3, -0.25) is 14.8 Å². The van der Waals surface area contributed by atoms with Crippen molar-refractivity contribution in [3.05, 3.63) is 77.5 Å². The molecule has 1 aromatic heterocycles. The number of hydrogen-bond acceptors (Lipinski definition) is 4. The number of carbonyl (C=O) groups excluding carboxylic acids is 1. The summed E-state index contributed by atoms with van der Waals surface area (Å²) in [7, 11) is 0. The summed E-state index contributed by atoms with van der Waals surface area (Å²) in [6, 6.07) is 18.4. The number of rotatable bonds is 6. The van der Waals surface area contributed by atoms with E-state index in [2.05, 4.69) is 51.6 Å². The molecule has 3 aromatic rings. The molecule has 2 aromatic carbocycles. The smallest absolute Gasteiger partial charge is 0.255 e. The van der Waals surface area contributed by atoms with E-state index in [1.807, 2.05) is 30.3 Å². The number of aromatic nitrogens is 2. The standard InChI is InChI=1S/C23H26N4O2/c1-17-7-9-18(10-8-17)21(27-11-13-29-14-12-27)16-24-23(28)20-15-25-26-22(20)19-5-3-2-4-6-19/h2-10,15,21H,11-14,16H2,1H3,(H,24,28)(H,25,26)/t21-/m1/s1. The summed E-state index contributed by atoms with van der Waals surface area (Å²) < 4.78 is 5.51. The SMILES string of the molecule is Cc1ccc([C@@H](CNC(=O)c2cn[nH]c2-c2ccccc2)N2CCOCC2)cc1. The second kappa shape index (κ2) is 9.03. The fraction of sp³-hybridized carbons (Fsp3) is 0.304. The summed E-state index contributed by atoms with van der Waals surface area (Å²) in [5.74, 6) is -0.122. The maximum absolute atomic E-state index is 13.0. The van der Waals surface area contributed by atoms with Crippen molar-refractivity contribution in [2.24, 2.45) is 0 Å². The average Bonchev–Trinajstić information content (AvgIpc) is 3.26. The third-order valence-corrected chi connectivity index (χ3v) is 5.35. The lowest BCUT2D eigenvalue weighted by molar-refractivity contribution is 0.0162. The van der Waals surface area contributed by atoms with E-state index in [9.17, 15) is 4.79 Å². The van der Waals surface area contributed by atoms with Crippen LogP contribution in [0.15, 0.2) is 60.8 Å². The predicted molar refractivity (Wildman–Crippen MR) is 113 cm³/mol. The molecule has 150 valence electrons. The molecule has 0 unspecified atom stereocenters. The Balaban J connectivity index is 1.51. The Hall–Kier alpha value is -2.96. The molecule has 0 saturated carbocycles. The number of hydrogen-bond donors (Lipinski definition) is 2. The molecule has 0 aliphatic carbocycles. The fourth-order valence-corrected chi connectivity index (χ4v) is 3.70. The highest BCUT2D eigenvalue weighted by molar-refractivity contribution is 5.99. The zero-order valence-corrected chi connectivity index (χ0v) is 16.6. The first-order valence-corrected chi connectivity index (χ1v) is 9.98. The van der Waals surface area contributed by atoms with Gasteiger partial charge in [0.15, 0.2) is 0 Å². The van der Waals surface area contributed by atoms with Gasteiger partial charge in [-0.05, 0) is 12.5 Å². The van der Waals surface area contributed by atoms with Crippen LogP contribution in [0.2, 0.25) is 0 Å². The molecule has 2 N–H and O–H groups in total. The number of benzene rings is 2. The molecule has 1 fully saturated rings. The molecule has 29 heavy (non-hydrogen) atoms. The summed E-state index contributed by atoms with van der Waals surface area (Å²) in [4.78, 5) is 15.3. The van der Waals surface area contributed by atoms with Crippen LogP contribution in [-0.2, 0) is 4.74 Å². The van der Waals surface area contributed by atoms with Gasteiger partial charge in [0.05, 0.1) is 36.7 Å². The van der Waals surface area contributed by atoms with Crippen LogP contribution < -0.4 is 5.32 Å². The van der Waals surface area contributed by atoms with E-state index >= 15 is 0 Å². The van der Waals surface area contributed by atoms with Crippen LogP contribution in [0.4, 0.5) is 0 Å². The van der Waals surface area contributed by atoms with Gasteiger partial charge >= 0.3 is 0 Å². The largest absolute Gasteiger partial charge is 0.379 e. The number of nitrogens with one attached hydrogen (secondary N) is 2. The molecular weight excluding hydrogens is 364 g/mol. The van der Waals surface area contributed by atoms with Crippen LogP contribution in [-0.4, -0.2) is 53.9 Å². The van der Waals surface area contributed by atoms with Crippen LogP contribution in [0.1, 0.15) is 27.5 Å². The third kappa shape index (κ3) is 4.55. The monoisotopic (exact) mass is 390 g/mol.